The molecule has 0 spiro atoms. The minimum Gasteiger partial charge on any atom is -0.484 e. The molecule has 122 valence electrons. The molecule has 0 saturated carbocycles. The molecule has 0 aliphatic rings. The number of hydrogen-bond donors (Lipinski definition) is 2. The van der Waals surface area contributed by atoms with Gasteiger partial charge in [0.25, 0.3) is 5.91 Å². The number of benzene rings is 1. The number of carboxylic acid groups (broad SMARTS) is 1. The highest BCUT2D eigenvalue weighted by Crippen LogP contribution is 2.23. The maximum atomic E-state index is 12.0. The summed E-state index contributed by atoms with van der Waals surface area (Å²) in [5, 5.41) is 12.3. The van der Waals surface area contributed by atoms with Gasteiger partial charge in [0.05, 0.1) is 12.0 Å². The molecule has 22 heavy (non-hydrogen) atoms. The van der Waals surface area contributed by atoms with Crippen molar-refractivity contribution in [2.75, 3.05) is 6.61 Å². The molecule has 0 aliphatic carbocycles. The molecule has 0 aromatic heterocycles. The first-order valence-electron chi connectivity index (χ1n) is 7.06. The van der Waals surface area contributed by atoms with Crippen molar-refractivity contribution >= 4 is 23.5 Å². The second-order valence-corrected chi connectivity index (χ2v) is 6.33. The zero-order valence-corrected chi connectivity index (χ0v) is 14.0. The molecule has 1 amide bonds. The van der Waals surface area contributed by atoms with Gasteiger partial charge < -0.3 is 15.2 Å². The molecule has 0 bridgehead atoms. The van der Waals surface area contributed by atoms with Crippen LogP contribution < -0.4 is 10.1 Å². The molecule has 2 N–H and O–H groups in total. The van der Waals surface area contributed by atoms with Crippen molar-refractivity contribution in [2.45, 2.75) is 39.7 Å². The first-order chi connectivity index (χ1) is 10.1. The van der Waals surface area contributed by atoms with E-state index in [1.54, 1.807) is 25.1 Å². The lowest BCUT2D eigenvalue weighted by atomic mass is 9.85. The van der Waals surface area contributed by atoms with E-state index in [1.165, 1.54) is 0 Å². The Kier molecular flexibility index (Phi) is 6.23. The van der Waals surface area contributed by atoms with E-state index in [9.17, 15) is 9.59 Å². The zero-order chi connectivity index (χ0) is 16.9. The van der Waals surface area contributed by atoms with E-state index in [2.05, 4.69) is 5.32 Å². The number of carboxylic acids is 1. The molecule has 1 unspecified atom stereocenters. The summed E-state index contributed by atoms with van der Waals surface area (Å²) in [7, 11) is 0. The molecular formula is C16H22ClNO4. The van der Waals surface area contributed by atoms with Gasteiger partial charge in [-0.3, -0.25) is 9.59 Å². The average Bonchev–Trinajstić information content (AvgIpc) is 2.36. The highest BCUT2D eigenvalue weighted by molar-refractivity contribution is 6.30. The maximum absolute atomic E-state index is 12.0. The number of ether oxygens (including phenoxy) is 1. The number of aliphatic carboxylic acids is 1. The summed E-state index contributed by atoms with van der Waals surface area (Å²) >= 11 is 5.86. The molecule has 0 fully saturated rings. The highest BCUT2D eigenvalue weighted by atomic mass is 35.5. The van der Waals surface area contributed by atoms with Crippen molar-refractivity contribution in [3.8, 4) is 5.75 Å². The molecular weight excluding hydrogens is 306 g/mol. The van der Waals surface area contributed by atoms with Crippen LogP contribution in [0.25, 0.3) is 0 Å². The Morgan fingerprint density at radius 2 is 2.05 bits per heavy atom. The number of carbonyl (C=O) groups is 2. The van der Waals surface area contributed by atoms with Gasteiger partial charge in [-0.2, -0.15) is 0 Å². The van der Waals surface area contributed by atoms with E-state index in [0.717, 1.165) is 5.56 Å². The van der Waals surface area contributed by atoms with Gasteiger partial charge in [0, 0.05) is 5.02 Å². The topological polar surface area (TPSA) is 75.6 Å². The number of nitrogens with one attached hydrogen (secondary N) is 1. The van der Waals surface area contributed by atoms with E-state index in [1.807, 2.05) is 20.8 Å². The monoisotopic (exact) mass is 327 g/mol. The average molecular weight is 328 g/mol. The van der Waals surface area contributed by atoms with Crippen molar-refractivity contribution in [2.24, 2.45) is 5.92 Å². The van der Waals surface area contributed by atoms with Crippen LogP contribution in [-0.2, 0) is 9.59 Å². The molecule has 0 radical (unpaired) electrons. The lowest BCUT2D eigenvalue weighted by Gasteiger charge is -2.33. The van der Waals surface area contributed by atoms with Crippen LogP contribution in [0.4, 0.5) is 0 Å². The normalized spacial score (nSPS) is 13.5. The SMILES string of the molecule is Cc1cc(Cl)ccc1OCC(=O)NC(C)(CC(=O)O)C(C)C. The summed E-state index contributed by atoms with van der Waals surface area (Å²) in [6.07, 6.45) is -0.142. The number of rotatable bonds is 7. The Morgan fingerprint density at radius 3 is 2.55 bits per heavy atom. The number of hydrogen-bond acceptors (Lipinski definition) is 3. The maximum Gasteiger partial charge on any atom is 0.305 e. The molecule has 5 nitrogen and oxygen atoms in total. The molecule has 0 aliphatic heterocycles. The Labute approximate surface area is 135 Å². The fourth-order valence-corrected chi connectivity index (χ4v) is 2.21. The summed E-state index contributed by atoms with van der Waals surface area (Å²) in [6.45, 7) is 7.12. The van der Waals surface area contributed by atoms with Gasteiger partial charge >= 0.3 is 5.97 Å². The highest BCUT2D eigenvalue weighted by Gasteiger charge is 2.32. The minimum atomic E-state index is -0.953. The van der Waals surface area contributed by atoms with E-state index in [0.29, 0.717) is 10.8 Å². The van der Waals surface area contributed by atoms with Crippen LogP contribution in [0.15, 0.2) is 18.2 Å². The number of carbonyl (C=O) groups excluding carboxylic acids is 1. The van der Waals surface area contributed by atoms with Crippen LogP contribution in [0.1, 0.15) is 32.8 Å². The van der Waals surface area contributed by atoms with Gasteiger partial charge in [-0.1, -0.05) is 25.4 Å². The van der Waals surface area contributed by atoms with Crippen molar-refractivity contribution in [1.82, 2.24) is 5.32 Å². The summed E-state index contributed by atoms with van der Waals surface area (Å²) in [5.74, 6) is -0.758. The van der Waals surface area contributed by atoms with Gasteiger partial charge in [0.2, 0.25) is 0 Å². The van der Waals surface area contributed by atoms with Crippen LogP contribution in [0.5, 0.6) is 5.75 Å². The predicted molar refractivity (Wildman–Crippen MR) is 85.3 cm³/mol. The van der Waals surface area contributed by atoms with E-state index < -0.39 is 11.5 Å². The summed E-state index contributed by atoms with van der Waals surface area (Å²) < 4.78 is 5.47. The molecule has 6 heteroatoms. The van der Waals surface area contributed by atoms with Gasteiger partial charge in [-0.15, -0.1) is 0 Å². The third-order valence-corrected chi connectivity index (χ3v) is 3.95. The van der Waals surface area contributed by atoms with Crippen LogP contribution in [-0.4, -0.2) is 29.1 Å². The summed E-state index contributed by atoms with van der Waals surface area (Å²) in [4.78, 5) is 23.0. The Hall–Kier alpha value is -1.75. The fraction of sp³-hybridized carbons (Fsp3) is 0.500. The number of aryl methyl sites for hydroxylation is 1. The second-order valence-electron chi connectivity index (χ2n) is 5.89. The first-order valence-corrected chi connectivity index (χ1v) is 7.43. The van der Waals surface area contributed by atoms with Gasteiger partial charge in [0.15, 0.2) is 6.61 Å². The Bertz CT molecular complexity index is 559. The molecule has 1 rings (SSSR count). The lowest BCUT2D eigenvalue weighted by Crippen LogP contribution is -2.52. The summed E-state index contributed by atoms with van der Waals surface area (Å²) in [6, 6.07) is 5.13. The minimum absolute atomic E-state index is 0.0233. The number of halogens is 1. The third-order valence-electron chi connectivity index (χ3n) is 3.71. The van der Waals surface area contributed by atoms with E-state index in [-0.39, 0.29) is 24.9 Å². The van der Waals surface area contributed by atoms with Crippen LogP contribution >= 0.6 is 11.6 Å². The van der Waals surface area contributed by atoms with Crippen molar-refractivity contribution < 1.29 is 19.4 Å². The zero-order valence-electron chi connectivity index (χ0n) is 13.3. The summed E-state index contributed by atoms with van der Waals surface area (Å²) in [5.41, 5.74) is 0.0128. The van der Waals surface area contributed by atoms with E-state index in [4.69, 9.17) is 21.4 Å². The largest absolute Gasteiger partial charge is 0.484 e. The second kappa shape index (κ2) is 7.49. The molecule has 1 aromatic rings. The van der Waals surface area contributed by atoms with Gasteiger partial charge in [-0.05, 0) is 43.5 Å². The number of amides is 1. The van der Waals surface area contributed by atoms with Gasteiger partial charge in [-0.25, -0.2) is 0 Å². The Balaban J connectivity index is 2.66. The van der Waals surface area contributed by atoms with Crippen LogP contribution in [0.2, 0.25) is 5.02 Å². The first kappa shape index (κ1) is 18.3. The molecule has 1 atom stereocenters. The van der Waals surface area contributed by atoms with Crippen molar-refractivity contribution in [1.29, 1.82) is 0 Å². The third kappa shape index (κ3) is 5.22. The van der Waals surface area contributed by atoms with Crippen LogP contribution in [0, 0.1) is 12.8 Å². The standard InChI is InChI=1S/C16H22ClNO4/c1-10(2)16(4,8-15(20)21)18-14(19)9-22-13-6-5-12(17)7-11(13)3/h5-7,10H,8-9H2,1-4H3,(H,18,19)(H,20,21). The molecule has 0 saturated heterocycles. The van der Waals surface area contributed by atoms with Crippen LogP contribution in [0.3, 0.4) is 0 Å². The predicted octanol–water partition coefficient (Wildman–Crippen LogP) is 3.03. The fourth-order valence-electron chi connectivity index (χ4n) is 1.98. The van der Waals surface area contributed by atoms with Crippen molar-refractivity contribution in [3.63, 3.8) is 0 Å². The molecule has 1 aromatic carbocycles. The smallest absolute Gasteiger partial charge is 0.305 e. The van der Waals surface area contributed by atoms with E-state index >= 15 is 0 Å². The van der Waals surface area contributed by atoms with Gasteiger partial charge in [0.1, 0.15) is 5.75 Å². The van der Waals surface area contributed by atoms with Crippen molar-refractivity contribution in [3.05, 3.63) is 28.8 Å². The molecule has 0 heterocycles. The lowest BCUT2D eigenvalue weighted by molar-refractivity contribution is -0.139. The quantitative estimate of drug-likeness (QED) is 0.807. The Morgan fingerprint density at radius 1 is 1.41 bits per heavy atom.